The highest BCUT2D eigenvalue weighted by Gasteiger charge is 2.20. The van der Waals surface area contributed by atoms with Crippen molar-refractivity contribution >= 4 is 17.5 Å². The van der Waals surface area contributed by atoms with Gasteiger partial charge in [0.15, 0.2) is 0 Å². The Labute approximate surface area is 130 Å². The third-order valence-electron chi connectivity index (χ3n) is 3.70. The van der Waals surface area contributed by atoms with Gasteiger partial charge in [-0.3, -0.25) is 9.69 Å². The quantitative estimate of drug-likeness (QED) is 0.859. The fourth-order valence-corrected chi connectivity index (χ4v) is 2.63. The third-order valence-corrected chi connectivity index (χ3v) is 3.94. The van der Waals surface area contributed by atoms with Gasteiger partial charge < -0.3 is 15.4 Å². The Hall–Kier alpha value is -1.30. The number of ether oxygens (including phenoxy) is 1. The maximum atomic E-state index is 12.1. The lowest BCUT2D eigenvalue weighted by Gasteiger charge is -2.33. The Kier molecular flexibility index (Phi) is 5.85. The van der Waals surface area contributed by atoms with Gasteiger partial charge in [0.25, 0.3) is 0 Å². The van der Waals surface area contributed by atoms with Crippen molar-refractivity contribution in [1.29, 1.82) is 0 Å². The molecule has 0 saturated carbocycles. The molecule has 0 bridgehead atoms. The molecule has 1 amide bonds. The van der Waals surface area contributed by atoms with Crippen LogP contribution < -0.4 is 15.4 Å². The fraction of sp³-hybridized carbons (Fsp3) is 0.533. The second-order valence-electron chi connectivity index (χ2n) is 5.26. The molecule has 2 rings (SSSR count). The molecule has 1 aliphatic heterocycles. The number of piperazine rings is 1. The summed E-state index contributed by atoms with van der Waals surface area (Å²) in [5.41, 5.74) is 0.881. The van der Waals surface area contributed by atoms with Crippen LogP contribution in [0.25, 0.3) is 0 Å². The standard InChI is InChI=1S/C15H22ClN3O2/c1-11-8-17-5-6-19(11)10-15(20)18-9-12-7-13(16)3-4-14(12)21-2/h3-4,7,11,17H,5-6,8-10H2,1-2H3,(H,18,20)/t11-/m1/s1. The molecule has 1 fully saturated rings. The molecule has 6 heteroatoms. The lowest BCUT2D eigenvalue weighted by atomic mass is 10.2. The van der Waals surface area contributed by atoms with E-state index < -0.39 is 0 Å². The van der Waals surface area contributed by atoms with Crippen LogP contribution in [-0.2, 0) is 11.3 Å². The van der Waals surface area contributed by atoms with Gasteiger partial charge in [0.2, 0.25) is 5.91 Å². The van der Waals surface area contributed by atoms with Crippen LogP contribution in [0.1, 0.15) is 12.5 Å². The van der Waals surface area contributed by atoms with Crippen molar-refractivity contribution in [3.8, 4) is 5.75 Å². The summed E-state index contributed by atoms with van der Waals surface area (Å²) < 4.78 is 5.27. The molecule has 0 spiro atoms. The van der Waals surface area contributed by atoms with Crippen LogP contribution in [0, 0.1) is 0 Å². The first-order valence-electron chi connectivity index (χ1n) is 7.14. The lowest BCUT2D eigenvalue weighted by molar-refractivity contribution is -0.123. The summed E-state index contributed by atoms with van der Waals surface area (Å²) >= 11 is 5.98. The van der Waals surface area contributed by atoms with Crippen molar-refractivity contribution < 1.29 is 9.53 Å². The second kappa shape index (κ2) is 7.64. The van der Waals surface area contributed by atoms with E-state index in [4.69, 9.17) is 16.3 Å². The summed E-state index contributed by atoms with van der Waals surface area (Å²) in [5.74, 6) is 0.751. The lowest BCUT2D eigenvalue weighted by Crippen LogP contribution is -2.52. The zero-order valence-corrected chi connectivity index (χ0v) is 13.2. The highest BCUT2D eigenvalue weighted by molar-refractivity contribution is 6.30. The van der Waals surface area contributed by atoms with Crippen molar-refractivity contribution in [1.82, 2.24) is 15.5 Å². The van der Waals surface area contributed by atoms with E-state index in [0.29, 0.717) is 24.2 Å². The number of methoxy groups -OCH3 is 1. The normalized spacial score (nSPS) is 19.3. The predicted molar refractivity (Wildman–Crippen MR) is 83.8 cm³/mol. The van der Waals surface area contributed by atoms with E-state index in [9.17, 15) is 4.79 Å². The Bertz CT molecular complexity index is 496. The maximum absolute atomic E-state index is 12.1. The van der Waals surface area contributed by atoms with Gasteiger partial charge in [-0.2, -0.15) is 0 Å². The maximum Gasteiger partial charge on any atom is 0.234 e. The molecule has 21 heavy (non-hydrogen) atoms. The molecular weight excluding hydrogens is 290 g/mol. The molecule has 0 aromatic heterocycles. The van der Waals surface area contributed by atoms with E-state index in [1.54, 1.807) is 13.2 Å². The molecule has 1 aromatic rings. The predicted octanol–water partition coefficient (Wildman–Crippen LogP) is 1.26. The number of nitrogens with zero attached hydrogens (tertiary/aromatic N) is 1. The Morgan fingerprint density at radius 1 is 1.57 bits per heavy atom. The highest BCUT2D eigenvalue weighted by atomic mass is 35.5. The van der Waals surface area contributed by atoms with Gasteiger partial charge in [0, 0.05) is 42.8 Å². The Morgan fingerprint density at radius 3 is 3.10 bits per heavy atom. The molecule has 1 saturated heterocycles. The van der Waals surface area contributed by atoms with Crippen LogP contribution >= 0.6 is 11.6 Å². The third kappa shape index (κ3) is 4.59. The Balaban J connectivity index is 1.87. The van der Waals surface area contributed by atoms with Crippen LogP contribution in [0.2, 0.25) is 5.02 Å². The van der Waals surface area contributed by atoms with Crippen LogP contribution in [0.3, 0.4) is 0 Å². The number of carbonyl (C=O) groups is 1. The van der Waals surface area contributed by atoms with E-state index >= 15 is 0 Å². The van der Waals surface area contributed by atoms with Crippen LogP contribution in [0.4, 0.5) is 0 Å². The first kappa shape index (κ1) is 16.1. The van der Waals surface area contributed by atoms with Crippen molar-refractivity contribution in [3.63, 3.8) is 0 Å². The topological polar surface area (TPSA) is 53.6 Å². The molecule has 5 nitrogen and oxygen atoms in total. The van der Waals surface area contributed by atoms with Crippen molar-refractivity contribution in [2.75, 3.05) is 33.3 Å². The largest absolute Gasteiger partial charge is 0.496 e. The molecule has 116 valence electrons. The smallest absolute Gasteiger partial charge is 0.234 e. The minimum atomic E-state index is 0.0192. The van der Waals surface area contributed by atoms with Crippen LogP contribution in [0.15, 0.2) is 18.2 Å². The van der Waals surface area contributed by atoms with Crippen molar-refractivity contribution in [3.05, 3.63) is 28.8 Å². The number of amides is 1. The second-order valence-corrected chi connectivity index (χ2v) is 5.69. The summed E-state index contributed by atoms with van der Waals surface area (Å²) in [4.78, 5) is 14.2. The van der Waals surface area contributed by atoms with E-state index in [2.05, 4.69) is 22.5 Å². The molecule has 0 radical (unpaired) electrons. The van der Waals surface area contributed by atoms with Gasteiger partial charge in [-0.25, -0.2) is 0 Å². The van der Waals surface area contributed by atoms with Crippen molar-refractivity contribution in [2.45, 2.75) is 19.5 Å². The number of nitrogens with one attached hydrogen (secondary N) is 2. The molecule has 0 aliphatic carbocycles. The average Bonchev–Trinajstić information content (AvgIpc) is 2.48. The highest BCUT2D eigenvalue weighted by Crippen LogP contribution is 2.22. The van der Waals surface area contributed by atoms with Gasteiger partial charge in [0.05, 0.1) is 13.7 Å². The Morgan fingerprint density at radius 2 is 2.38 bits per heavy atom. The van der Waals surface area contributed by atoms with Crippen LogP contribution in [-0.4, -0.2) is 50.1 Å². The summed E-state index contributed by atoms with van der Waals surface area (Å²) in [6, 6.07) is 5.77. The summed E-state index contributed by atoms with van der Waals surface area (Å²) in [6.07, 6.45) is 0. The SMILES string of the molecule is COc1ccc(Cl)cc1CNC(=O)CN1CCNC[C@H]1C. The van der Waals surface area contributed by atoms with Gasteiger partial charge in [-0.05, 0) is 25.1 Å². The molecule has 0 unspecified atom stereocenters. The number of rotatable bonds is 5. The first-order chi connectivity index (χ1) is 10.1. The molecule has 1 aliphatic rings. The molecule has 1 heterocycles. The van der Waals surface area contributed by atoms with Gasteiger partial charge >= 0.3 is 0 Å². The summed E-state index contributed by atoms with van der Waals surface area (Å²) in [5, 5.41) is 6.88. The van der Waals surface area contributed by atoms with E-state index in [-0.39, 0.29) is 5.91 Å². The van der Waals surface area contributed by atoms with Gasteiger partial charge in [-0.1, -0.05) is 11.6 Å². The molecule has 1 aromatic carbocycles. The number of carbonyl (C=O) groups excluding carboxylic acids is 1. The van der Waals surface area contributed by atoms with Crippen molar-refractivity contribution in [2.24, 2.45) is 0 Å². The minimum absolute atomic E-state index is 0.0192. The summed E-state index contributed by atoms with van der Waals surface area (Å²) in [7, 11) is 1.61. The zero-order valence-electron chi connectivity index (χ0n) is 12.5. The number of hydrogen-bond acceptors (Lipinski definition) is 4. The summed E-state index contributed by atoms with van der Waals surface area (Å²) in [6.45, 7) is 5.72. The first-order valence-corrected chi connectivity index (χ1v) is 7.52. The average molecular weight is 312 g/mol. The number of hydrogen-bond donors (Lipinski definition) is 2. The van der Waals surface area contributed by atoms with Crippen LogP contribution in [0.5, 0.6) is 5.75 Å². The minimum Gasteiger partial charge on any atom is -0.496 e. The number of benzene rings is 1. The fourth-order valence-electron chi connectivity index (χ4n) is 2.44. The van der Waals surface area contributed by atoms with E-state index in [1.807, 2.05) is 12.1 Å². The number of halogens is 1. The van der Waals surface area contributed by atoms with E-state index in [1.165, 1.54) is 0 Å². The molecule has 2 N–H and O–H groups in total. The van der Waals surface area contributed by atoms with E-state index in [0.717, 1.165) is 30.9 Å². The zero-order chi connectivity index (χ0) is 15.2. The molecular formula is C15H22ClN3O2. The monoisotopic (exact) mass is 311 g/mol. The molecule has 1 atom stereocenters. The van der Waals surface area contributed by atoms with Gasteiger partial charge in [0.1, 0.15) is 5.75 Å². The van der Waals surface area contributed by atoms with Gasteiger partial charge in [-0.15, -0.1) is 0 Å².